The first-order valence-electron chi connectivity index (χ1n) is 6.42. The molecule has 0 aliphatic heterocycles. The maximum absolute atomic E-state index is 12.0. The van der Waals surface area contributed by atoms with Gasteiger partial charge in [-0.2, -0.15) is 11.8 Å². The number of benzene rings is 1. The number of halogens is 1. The van der Waals surface area contributed by atoms with Gasteiger partial charge in [0, 0.05) is 18.6 Å². The van der Waals surface area contributed by atoms with Crippen molar-refractivity contribution in [1.82, 2.24) is 10.2 Å². The van der Waals surface area contributed by atoms with E-state index in [1.165, 1.54) is 4.90 Å². The van der Waals surface area contributed by atoms with Crippen molar-refractivity contribution in [3.63, 3.8) is 0 Å². The van der Waals surface area contributed by atoms with Crippen LogP contribution in [-0.2, 0) is 11.3 Å². The maximum Gasteiger partial charge on any atom is 0.326 e. The smallest absolute Gasteiger partial charge is 0.326 e. The number of carbonyl (C=O) groups is 2. The fourth-order valence-corrected chi connectivity index (χ4v) is 2.29. The number of thioether (sulfide) groups is 1. The van der Waals surface area contributed by atoms with Gasteiger partial charge in [0.05, 0.1) is 0 Å². The summed E-state index contributed by atoms with van der Waals surface area (Å²) < 4.78 is 0. The Balaban J connectivity index is 2.56. The molecule has 2 N–H and O–H groups in total. The van der Waals surface area contributed by atoms with Gasteiger partial charge in [-0.25, -0.2) is 9.59 Å². The standard InChI is InChI=1S/C14H19ClN2O3S/c1-17(9-10-3-5-11(15)6-4-10)14(20)16-12(13(18)19)7-8-21-2/h3-6,12H,7-9H2,1-2H3,(H,16,20)(H,18,19). The first-order valence-corrected chi connectivity index (χ1v) is 8.19. The van der Waals surface area contributed by atoms with Crippen LogP contribution in [0.25, 0.3) is 0 Å². The van der Waals surface area contributed by atoms with Crippen LogP contribution in [0.4, 0.5) is 4.79 Å². The van der Waals surface area contributed by atoms with E-state index in [9.17, 15) is 9.59 Å². The van der Waals surface area contributed by atoms with Crippen molar-refractivity contribution < 1.29 is 14.7 Å². The van der Waals surface area contributed by atoms with Crippen LogP contribution < -0.4 is 5.32 Å². The van der Waals surface area contributed by atoms with Crippen molar-refractivity contribution in [2.75, 3.05) is 19.1 Å². The highest BCUT2D eigenvalue weighted by atomic mass is 35.5. The van der Waals surface area contributed by atoms with Gasteiger partial charge in [0.25, 0.3) is 0 Å². The first kappa shape index (κ1) is 17.7. The van der Waals surface area contributed by atoms with Gasteiger partial charge < -0.3 is 15.3 Å². The summed E-state index contributed by atoms with van der Waals surface area (Å²) in [5.41, 5.74) is 0.924. The molecule has 1 unspecified atom stereocenters. The van der Waals surface area contributed by atoms with E-state index in [4.69, 9.17) is 16.7 Å². The number of carboxylic acid groups (broad SMARTS) is 1. The third-order valence-corrected chi connectivity index (χ3v) is 3.78. The van der Waals surface area contributed by atoms with E-state index in [-0.39, 0.29) is 0 Å². The number of aliphatic carboxylic acids is 1. The van der Waals surface area contributed by atoms with Gasteiger partial charge in [0.1, 0.15) is 6.04 Å². The molecular weight excluding hydrogens is 312 g/mol. The Bertz CT molecular complexity index is 482. The topological polar surface area (TPSA) is 69.6 Å². The van der Waals surface area contributed by atoms with E-state index in [2.05, 4.69) is 5.32 Å². The predicted octanol–water partition coefficient (Wildman–Crippen LogP) is 2.69. The fourth-order valence-electron chi connectivity index (χ4n) is 1.69. The second-order valence-electron chi connectivity index (χ2n) is 4.60. The molecule has 0 saturated carbocycles. The molecule has 5 nitrogen and oxygen atoms in total. The summed E-state index contributed by atoms with van der Waals surface area (Å²) in [4.78, 5) is 24.6. The number of hydrogen-bond acceptors (Lipinski definition) is 3. The summed E-state index contributed by atoms with van der Waals surface area (Å²) in [5, 5.41) is 12.3. The minimum Gasteiger partial charge on any atom is -0.480 e. The highest BCUT2D eigenvalue weighted by Gasteiger charge is 2.21. The third-order valence-electron chi connectivity index (χ3n) is 2.89. The van der Waals surface area contributed by atoms with Crippen LogP contribution in [0.2, 0.25) is 5.02 Å². The number of hydrogen-bond donors (Lipinski definition) is 2. The van der Waals surface area contributed by atoms with Crippen molar-refractivity contribution >= 4 is 35.4 Å². The number of nitrogens with zero attached hydrogens (tertiary/aromatic N) is 1. The molecule has 7 heteroatoms. The lowest BCUT2D eigenvalue weighted by Gasteiger charge is -2.21. The number of amides is 2. The summed E-state index contributed by atoms with van der Waals surface area (Å²) in [6.45, 7) is 0.387. The Hall–Kier alpha value is -1.40. The lowest BCUT2D eigenvalue weighted by atomic mass is 10.2. The van der Waals surface area contributed by atoms with Crippen molar-refractivity contribution in [2.45, 2.75) is 19.0 Å². The lowest BCUT2D eigenvalue weighted by Crippen LogP contribution is -2.46. The maximum atomic E-state index is 12.0. The second kappa shape index (κ2) is 8.79. The number of carboxylic acids is 1. The summed E-state index contributed by atoms with van der Waals surface area (Å²) >= 11 is 7.35. The van der Waals surface area contributed by atoms with Gasteiger partial charge in [-0.1, -0.05) is 23.7 Å². The Kier molecular flexibility index (Phi) is 7.39. The van der Waals surface area contributed by atoms with Crippen LogP contribution in [0.3, 0.4) is 0 Å². The first-order chi connectivity index (χ1) is 9.93. The third kappa shape index (κ3) is 6.27. The molecule has 1 aromatic carbocycles. The molecule has 0 aliphatic rings. The molecule has 2 amide bonds. The van der Waals surface area contributed by atoms with Crippen molar-refractivity contribution in [1.29, 1.82) is 0 Å². The molecule has 116 valence electrons. The second-order valence-corrected chi connectivity index (χ2v) is 6.03. The summed E-state index contributed by atoms with van der Waals surface area (Å²) in [6.07, 6.45) is 2.30. The van der Waals surface area contributed by atoms with Crippen LogP contribution in [-0.4, -0.2) is 47.1 Å². The number of nitrogens with one attached hydrogen (secondary N) is 1. The SMILES string of the molecule is CSCCC(NC(=O)N(C)Cc1ccc(Cl)cc1)C(=O)O. The average molecular weight is 331 g/mol. The zero-order valence-corrected chi connectivity index (χ0v) is 13.6. The highest BCUT2D eigenvalue weighted by Crippen LogP contribution is 2.11. The van der Waals surface area contributed by atoms with Crippen LogP contribution in [0.15, 0.2) is 24.3 Å². The number of rotatable bonds is 7. The molecule has 0 bridgehead atoms. The average Bonchev–Trinajstić information content (AvgIpc) is 2.45. The molecule has 0 fully saturated rings. The van der Waals surface area contributed by atoms with E-state index in [1.807, 2.05) is 18.4 Å². The van der Waals surface area contributed by atoms with E-state index < -0.39 is 18.0 Å². The Morgan fingerprint density at radius 3 is 2.52 bits per heavy atom. The largest absolute Gasteiger partial charge is 0.480 e. The zero-order chi connectivity index (χ0) is 15.8. The fraction of sp³-hybridized carbons (Fsp3) is 0.429. The molecule has 0 heterocycles. The zero-order valence-electron chi connectivity index (χ0n) is 12.0. The van der Waals surface area contributed by atoms with E-state index in [1.54, 1.807) is 30.9 Å². The molecule has 0 spiro atoms. The molecule has 0 radical (unpaired) electrons. The minimum absolute atomic E-state index is 0.387. The molecular formula is C14H19ClN2O3S. The van der Waals surface area contributed by atoms with E-state index in [0.717, 1.165) is 5.56 Å². The normalized spacial score (nSPS) is 11.8. The molecule has 0 saturated heterocycles. The van der Waals surface area contributed by atoms with Crippen molar-refractivity contribution in [2.24, 2.45) is 0 Å². The lowest BCUT2D eigenvalue weighted by molar-refractivity contribution is -0.139. The van der Waals surface area contributed by atoms with E-state index in [0.29, 0.717) is 23.7 Å². The van der Waals surface area contributed by atoms with Gasteiger partial charge in [0.2, 0.25) is 0 Å². The Morgan fingerprint density at radius 1 is 1.38 bits per heavy atom. The Labute approximate surface area is 133 Å². The van der Waals surface area contributed by atoms with Gasteiger partial charge in [-0.05, 0) is 36.1 Å². The van der Waals surface area contributed by atoms with Gasteiger partial charge in [-0.15, -0.1) is 0 Å². The predicted molar refractivity (Wildman–Crippen MR) is 85.9 cm³/mol. The molecule has 1 aromatic rings. The van der Waals surface area contributed by atoms with E-state index >= 15 is 0 Å². The van der Waals surface area contributed by atoms with Crippen LogP contribution in [0.5, 0.6) is 0 Å². The van der Waals surface area contributed by atoms with Crippen LogP contribution in [0, 0.1) is 0 Å². The molecule has 1 atom stereocenters. The van der Waals surface area contributed by atoms with Crippen LogP contribution in [0.1, 0.15) is 12.0 Å². The number of urea groups is 1. The van der Waals surface area contributed by atoms with Crippen LogP contribution >= 0.6 is 23.4 Å². The Morgan fingerprint density at radius 2 is 2.00 bits per heavy atom. The molecule has 21 heavy (non-hydrogen) atoms. The molecule has 1 rings (SSSR count). The van der Waals surface area contributed by atoms with Crippen molar-refractivity contribution in [3.8, 4) is 0 Å². The number of carbonyl (C=O) groups excluding carboxylic acids is 1. The summed E-state index contributed by atoms with van der Waals surface area (Å²) in [6, 6.07) is 5.89. The van der Waals surface area contributed by atoms with Crippen molar-refractivity contribution in [3.05, 3.63) is 34.9 Å². The monoisotopic (exact) mass is 330 g/mol. The summed E-state index contributed by atoms with van der Waals surface area (Å²) in [5.74, 6) is -0.338. The van der Waals surface area contributed by atoms with Gasteiger partial charge in [-0.3, -0.25) is 0 Å². The minimum atomic E-state index is -1.02. The van der Waals surface area contributed by atoms with Gasteiger partial charge >= 0.3 is 12.0 Å². The highest BCUT2D eigenvalue weighted by molar-refractivity contribution is 7.98. The van der Waals surface area contributed by atoms with Gasteiger partial charge in [0.15, 0.2) is 0 Å². The molecule has 0 aromatic heterocycles. The molecule has 0 aliphatic carbocycles. The quantitative estimate of drug-likeness (QED) is 0.806. The summed E-state index contributed by atoms with van der Waals surface area (Å²) in [7, 11) is 1.62.